The van der Waals surface area contributed by atoms with Crippen molar-refractivity contribution in [2.24, 2.45) is 0 Å². The molecule has 0 radical (unpaired) electrons. The molecule has 2 saturated heterocycles. The van der Waals surface area contributed by atoms with Gasteiger partial charge in [0.2, 0.25) is 11.8 Å². The first-order chi connectivity index (χ1) is 18.4. The predicted molar refractivity (Wildman–Crippen MR) is 135 cm³/mol. The zero-order valence-electron chi connectivity index (χ0n) is 21.0. The normalized spacial score (nSPS) is 25.9. The van der Waals surface area contributed by atoms with Crippen molar-refractivity contribution in [2.75, 3.05) is 13.1 Å². The van der Waals surface area contributed by atoms with Crippen LogP contribution in [0.5, 0.6) is 5.75 Å². The fourth-order valence-electron chi connectivity index (χ4n) is 6.39. The number of nitrogens with zero attached hydrogens (tertiary/aromatic N) is 3. The summed E-state index contributed by atoms with van der Waals surface area (Å²) < 4.78 is 20.1. The van der Waals surface area contributed by atoms with Crippen LogP contribution in [0.4, 0.5) is 4.39 Å². The monoisotopic (exact) mass is 516 g/mol. The van der Waals surface area contributed by atoms with Gasteiger partial charge in [0.05, 0.1) is 11.6 Å². The van der Waals surface area contributed by atoms with Crippen molar-refractivity contribution in [1.82, 2.24) is 15.1 Å². The van der Waals surface area contributed by atoms with Crippen molar-refractivity contribution in [3.63, 3.8) is 0 Å². The number of likely N-dealkylation sites (tertiary alicyclic amines) is 1. The van der Waals surface area contributed by atoms with Crippen LogP contribution in [0.15, 0.2) is 36.4 Å². The molecule has 196 valence electrons. The summed E-state index contributed by atoms with van der Waals surface area (Å²) in [6.07, 6.45) is 4.75. The molecule has 1 N–H and O–H groups in total. The molecule has 38 heavy (non-hydrogen) atoms. The third kappa shape index (κ3) is 4.43. The summed E-state index contributed by atoms with van der Waals surface area (Å²) in [6, 6.07) is 11.7. The summed E-state index contributed by atoms with van der Waals surface area (Å²) in [7, 11) is 0. The number of fused-ring (bicyclic) bond motifs is 1. The number of ether oxygens (including phenoxy) is 1. The van der Waals surface area contributed by atoms with E-state index in [1.165, 1.54) is 12.1 Å². The molecule has 1 aliphatic carbocycles. The lowest BCUT2D eigenvalue weighted by Gasteiger charge is -2.48. The number of hydrogen-bond acceptors (Lipinski definition) is 6. The second-order valence-electron chi connectivity index (χ2n) is 10.7. The number of benzene rings is 2. The molecular weight excluding hydrogens is 487 g/mol. The molecule has 9 heteroatoms. The van der Waals surface area contributed by atoms with Crippen LogP contribution < -0.4 is 10.1 Å². The Balaban J connectivity index is 1.12. The highest BCUT2D eigenvalue weighted by Gasteiger charge is 2.41. The Morgan fingerprint density at radius 3 is 2.63 bits per heavy atom. The number of carbonyl (C=O) groups is 3. The highest BCUT2D eigenvalue weighted by Crippen LogP contribution is 2.37. The zero-order valence-corrected chi connectivity index (χ0v) is 21.0. The Labute approximate surface area is 220 Å². The van der Waals surface area contributed by atoms with Crippen LogP contribution in [0.3, 0.4) is 0 Å². The molecule has 0 aromatic heterocycles. The van der Waals surface area contributed by atoms with Gasteiger partial charge in [0.25, 0.3) is 5.91 Å². The molecule has 3 heterocycles. The van der Waals surface area contributed by atoms with Crippen LogP contribution in [-0.2, 0) is 16.1 Å². The molecule has 4 aliphatic rings. The zero-order chi connectivity index (χ0) is 26.4. The maximum absolute atomic E-state index is 13.6. The van der Waals surface area contributed by atoms with E-state index in [9.17, 15) is 24.0 Å². The summed E-state index contributed by atoms with van der Waals surface area (Å²) in [5, 5.41) is 11.8. The number of nitriles is 1. The van der Waals surface area contributed by atoms with E-state index in [0.29, 0.717) is 29.8 Å². The minimum absolute atomic E-state index is 0.00903. The van der Waals surface area contributed by atoms with E-state index in [4.69, 9.17) is 4.74 Å². The van der Waals surface area contributed by atoms with Gasteiger partial charge >= 0.3 is 0 Å². The van der Waals surface area contributed by atoms with Crippen molar-refractivity contribution in [2.45, 2.75) is 69.2 Å². The molecule has 1 saturated carbocycles. The molecule has 2 aromatic carbocycles. The number of amides is 3. The van der Waals surface area contributed by atoms with E-state index in [1.807, 2.05) is 12.1 Å². The average molecular weight is 517 g/mol. The van der Waals surface area contributed by atoms with E-state index in [2.05, 4.69) is 16.3 Å². The SMILES string of the molecule is N#Cc1cc(F)ccc1C1CN([C@H]2CCCC[C@@H]2Oc2ccc3c(c2)CN([C@@H]2CCC(=O)NC2=O)C3=O)C1. The van der Waals surface area contributed by atoms with Crippen LogP contribution >= 0.6 is 0 Å². The minimum atomic E-state index is -0.637. The number of halogens is 1. The third-order valence-electron chi connectivity index (χ3n) is 8.40. The first-order valence-corrected chi connectivity index (χ1v) is 13.3. The maximum Gasteiger partial charge on any atom is 0.255 e. The van der Waals surface area contributed by atoms with Crippen molar-refractivity contribution >= 4 is 17.7 Å². The van der Waals surface area contributed by atoms with E-state index in [1.54, 1.807) is 17.0 Å². The van der Waals surface area contributed by atoms with Crippen LogP contribution in [0, 0.1) is 17.1 Å². The summed E-state index contributed by atoms with van der Waals surface area (Å²) >= 11 is 0. The summed E-state index contributed by atoms with van der Waals surface area (Å²) in [6.45, 7) is 1.94. The summed E-state index contributed by atoms with van der Waals surface area (Å²) in [5.41, 5.74) is 2.71. The molecule has 0 unspecified atom stereocenters. The smallest absolute Gasteiger partial charge is 0.255 e. The maximum atomic E-state index is 13.6. The van der Waals surface area contributed by atoms with Gasteiger partial charge in [-0.3, -0.25) is 24.6 Å². The molecule has 0 spiro atoms. The van der Waals surface area contributed by atoms with Crippen molar-refractivity contribution in [1.29, 1.82) is 5.26 Å². The average Bonchev–Trinajstić information content (AvgIpc) is 3.20. The number of carbonyl (C=O) groups excluding carboxylic acids is 3. The van der Waals surface area contributed by atoms with Gasteiger partial charge in [-0.2, -0.15) is 5.26 Å². The Hall–Kier alpha value is -3.77. The van der Waals surface area contributed by atoms with Crippen molar-refractivity contribution < 1.29 is 23.5 Å². The quantitative estimate of drug-likeness (QED) is 0.612. The van der Waals surface area contributed by atoms with E-state index < -0.39 is 17.8 Å². The minimum Gasteiger partial charge on any atom is -0.489 e. The molecule has 3 fully saturated rings. The molecule has 3 aliphatic heterocycles. The Kier molecular flexibility index (Phi) is 6.36. The molecule has 6 rings (SSSR count). The second kappa shape index (κ2) is 9.84. The number of rotatable bonds is 5. The van der Waals surface area contributed by atoms with E-state index >= 15 is 0 Å². The Bertz CT molecular complexity index is 1350. The lowest BCUT2D eigenvalue weighted by atomic mass is 9.83. The van der Waals surface area contributed by atoms with Gasteiger partial charge in [-0.15, -0.1) is 0 Å². The molecule has 2 aromatic rings. The molecule has 0 bridgehead atoms. The fraction of sp³-hybridized carbons (Fsp3) is 0.448. The predicted octanol–water partition coefficient (Wildman–Crippen LogP) is 3.25. The number of nitrogens with one attached hydrogen (secondary N) is 1. The highest BCUT2D eigenvalue weighted by molar-refractivity contribution is 6.05. The van der Waals surface area contributed by atoms with E-state index in [-0.39, 0.29) is 36.3 Å². The number of imide groups is 1. The van der Waals surface area contributed by atoms with Gasteiger partial charge in [0.15, 0.2) is 0 Å². The first-order valence-electron chi connectivity index (χ1n) is 13.3. The first kappa shape index (κ1) is 24.6. The lowest BCUT2D eigenvalue weighted by molar-refractivity contribution is -0.136. The molecule has 3 atom stereocenters. The standard InChI is InChI=1S/C29H29FN4O4/c30-20-5-7-22(17(11-20)13-31)19-14-33(15-19)24-3-1-2-4-26(24)38-21-6-8-23-18(12-21)16-34(29(23)37)25-9-10-27(35)32-28(25)36/h5-8,11-12,19,24-26H,1-4,9-10,14-16H2,(H,32,35,36)/t24-,25+,26-/m0/s1. The Morgan fingerprint density at radius 1 is 1.03 bits per heavy atom. The highest BCUT2D eigenvalue weighted by atomic mass is 19.1. The van der Waals surface area contributed by atoms with Gasteiger partial charge in [-0.25, -0.2) is 4.39 Å². The second-order valence-corrected chi connectivity index (χ2v) is 10.7. The van der Waals surface area contributed by atoms with Gasteiger partial charge < -0.3 is 9.64 Å². The topological polar surface area (TPSA) is 103 Å². The van der Waals surface area contributed by atoms with Gasteiger partial charge in [-0.1, -0.05) is 12.5 Å². The largest absolute Gasteiger partial charge is 0.489 e. The summed E-state index contributed by atoms with van der Waals surface area (Å²) in [4.78, 5) is 40.8. The van der Waals surface area contributed by atoms with Crippen molar-refractivity contribution in [3.8, 4) is 11.8 Å². The number of hydrogen-bond donors (Lipinski definition) is 1. The molecular formula is C29H29FN4O4. The fourth-order valence-corrected chi connectivity index (χ4v) is 6.39. The van der Waals surface area contributed by atoms with Crippen LogP contribution in [0.2, 0.25) is 0 Å². The number of piperidine rings is 1. The van der Waals surface area contributed by atoms with Crippen LogP contribution in [0.25, 0.3) is 0 Å². The van der Waals surface area contributed by atoms with Crippen LogP contribution in [0.1, 0.15) is 71.5 Å². The third-order valence-corrected chi connectivity index (χ3v) is 8.40. The lowest BCUT2D eigenvalue weighted by Crippen LogP contribution is -2.57. The van der Waals surface area contributed by atoms with Crippen LogP contribution in [-0.4, -0.2) is 58.8 Å². The molecule has 3 amide bonds. The Morgan fingerprint density at radius 2 is 1.84 bits per heavy atom. The van der Waals surface area contributed by atoms with Gasteiger partial charge in [0.1, 0.15) is 23.7 Å². The summed E-state index contributed by atoms with van der Waals surface area (Å²) in [5.74, 6) is -0.388. The van der Waals surface area contributed by atoms with Gasteiger partial charge in [-0.05, 0) is 67.1 Å². The van der Waals surface area contributed by atoms with Crippen molar-refractivity contribution in [3.05, 3.63) is 64.5 Å². The van der Waals surface area contributed by atoms with E-state index in [0.717, 1.165) is 49.9 Å². The van der Waals surface area contributed by atoms with Gasteiger partial charge in [0, 0.05) is 43.6 Å². The molecule has 8 nitrogen and oxygen atoms in total.